The van der Waals surface area contributed by atoms with Crippen LogP contribution < -0.4 is 18.1 Å². The molecule has 0 amide bonds. The van der Waals surface area contributed by atoms with Gasteiger partial charge < -0.3 is 57.5 Å². The van der Waals surface area contributed by atoms with Crippen molar-refractivity contribution in [1.82, 2.24) is 0 Å². The zero-order chi connectivity index (χ0) is 61.3. The molecule has 0 bridgehead atoms. The molecule has 4 aromatic rings. The summed E-state index contributed by atoms with van der Waals surface area (Å²) in [7, 11) is 1.32. The first-order chi connectivity index (χ1) is 38.3. The Balaban J connectivity index is 1.87. The lowest BCUT2D eigenvalue weighted by molar-refractivity contribution is -0.140. The summed E-state index contributed by atoms with van der Waals surface area (Å²) in [5.74, 6) is -5.88. The number of methoxy groups -OCH3 is 4. The van der Waals surface area contributed by atoms with Crippen molar-refractivity contribution in [2.24, 2.45) is 0 Å². The molecule has 4 N–H and O–H groups in total. The van der Waals surface area contributed by atoms with Gasteiger partial charge in [0.25, 0.3) is 0 Å². The van der Waals surface area contributed by atoms with Crippen molar-refractivity contribution in [2.75, 3.05) is 68.1 Å². The van der Waals surface area contributed by atoms with E-state index in [0.717, 1.165) is 0 Å². The van der Waals surface area contributed by atoms with Crippen molar-refractivity contribution < 1.29 is 85.7 Å². The Bertz CT molecular complexity index is 2370. The molecule has 0 radical (unpaired) electrons. The molecule has 4 unspecified atom stereocenters. The Morgan fingerprint density at radius 3 is 0.707 bits per heavy atom. The first-order valence-corrected chi connectivity index (χ1v) is 29.6. The summed E-state index contributed by atoms with van der Waals surface area (Å²) < 4.78 is 61.2. The van der Waals surface area contributed by atoms with Crippen LogP contribution in [0.2, 0.25) is 0 Å². The highest BCUT2D eigenvalue weighted by Gasteiger charge is 2.34. The molecule has 0 aliphatic rings. The van der Waals surface area contributed by atoms with Gasteiger partial charge in [-0.25, -0.2) is 0 Å². The van der Waals surface area contributed by atoms with Crippen LogP contribution in [0.15, 0.2) is 72.8 Å². The summed E-state index contributed by atoms with van der Waals surface area (Å²) >= 11 is 0. The SMILES string of the molecule is COCCC(C(=O)O)c1ccc(OP(OCCOP(Oc2ccc(C(CCOC)C(=O)O)cc2C(C)(C)C)Oc2ccc(C(CCOC)C(=O)O)cc2C(C)(C)C)Oc2ccc(C(CCOC)C(=O)O)cc2C(C)(C)C)c(C(C)(C)C)c1. The van der Waals surface area contributed by atoms with Gasteiger partial charge in [0.15, 0.2) is 0 Å². The predicted octanol–water partition coefficient (Wildman–Crippen LogP) is 13.8. The minimum Gasteiger partial charge on any atom is -0.481 e. The van der Waals surface area contributed by atoms with Gasteiger partial charge in [0.2, 0.25) is 0 Å². The first-order valence-electron chi connectivity index (χ1n) is 27.4. The lowest BCUT2D eigenvalue weighted by atomic mass is 9.83. The number of aliphatic carboxylic acids is 4. The Kier molecular flexibility index (Phi) is 26.1. The lowest BCUT2D eigenvalue weighted by Crippen LogP contribution is -2.19. The first kappa shape index (κ1) is 69.1. The molecule has 82 heavy (non-hydrogen) atoms. The molecule has 0 aliphatic carbocycles. The number of hydrogen-bond donors (Lipinski definition) is 4. The van der Waals surface area contributed by atoms with E-state index in [1.54, 1.807) is 48.5 Å². The quantitative estimate of drug-likeness (QED) is 0.0256. The van der Waals surface area contributed by atoms with E-state index in [1.165, 1.54) is 28.4 Å². The normalized spacial score (nSPS) is 14.5. The smallest absolute Gasteiger partial charge is 0.463 e. The van der Waals surface area contributed by atoms with E-state index in [2.05, 4.69) is 0 Å². The molecule has 4 atom stereocenters. The minimum atomic E-state index is -2.38. The van der Waals surface area contributed by atoms with Crippen LogP contribution in [0.4, 0.5) is 0 Å². The molecular weight excluding hydrogens is 1090 g/mol. The molecule has 0 saturated heterocycles. The van der Waals surface area contributed by atoms with E-state index < -0.39 is 86.4 Å². The second kappa shape index (κ2) is 30.9. The highest BCUT2D eigenvalue weighted by Crippen LogP contribution is 2.51. The topological polar surface area (TPSA) is 241 Å². The maximum atomic E-state index is 12.6. The number of carbonyl (C=O) groups is 4. The zero-order valence-electron chi connectivity index (χ0n) is 50.7. The van der Waals surface area contributed by atoms with E-state index in [9.17, 15) is 39.6 Å². The lowest BCUT2D eigenvalue weighted by Gasteiger charge is -2.29. The Morgan fingerprint density at radius 1 is 0.354 bits per heavy atom. The molecule has 20 heteroatoms. The highest BCUT2D eigenvalue weighted by atomic mass is 31.2. The van der Waals surface area contributed by atoms with Crippen LogP contribution in [-0.4, -0.2) is 112 Å². The maximum Gasteiger partial charge on any atom is 0.463 e. The van der Waals surface area contributed by atoms with E-state index in [0.29, 0.717) is 67.5 Å². The molecule has 0 fully saturated rings. The van der Waals surface area contributed by atoms with E-state index in [1.807, 2.05) is 107 Å². The Morgan fingerprint density at radius 2 is 0.549 bits per heavy atom. The summed E-state index contributed by atoms with van der Waals surface area (Å²) in [6.07, 6.45) is 0.985. The Labute approximate surface area is 487 Å². The van der Waals surface area contributed by atoms with Gasteiger partial charge in [-0.2, -0.15) is 0 Å². The van der Waals surface area contributed by atoms with Gasteiger partial charge >= 0.3 is 41.1 Å². The summed E-state index contributed by atoms with van der Waals surface area (Å²) in [5.41, 5.74) is 2.74. The monoisotopic (exact) mass is 1180 g/mol. The van der Waals surface area contributed by atoms with Crippen molar-refractivity contribution in [1.29, 1.82) is 0 Å². The standard InChI is InChI=1S/C62H88O18P2/c1-59(2,3)47-35-39(43(55(63)64)25-29-71-13)17-21-51(47)77-81(78-52-22-18-40(36-48(52)60(4,5)6)44(56(65)66)26-30-72-14)75-33-34-76-82(79-53-23-19-41(37-49(53)61(7,8)9)45(57(67)68)27-31-73-15)80-54-24-20-42(38-50(54)62(10,11)12)46(58(69)70)28-32-74-16/h17-24,35-38,43-46H,25-34H2,1-16H3,(H,63,64)(H,65,66)(H,67,68)(H,69,70). The van der Waals surface area contributed by atoms with Gasteiger partial charge in [-0.1, -0.05) is 132 Å². The average molecular weight is 1180 g/mol. The van der Waals surface area contributed by atoms with Crippen LogP contribution in [-0.2, 0) is 68.8 Å². The second-order valence-corrected chi connectivity index (χ2v) is 26.3. The molecular formula is C62H88O18P2. The van der Waals surface area contributed by atoms with Gasteiger partial charge in [-0.05, 0) is 93.9 Å². The van der Waals surface area contributed by atoms with Gasteiger partial charge in [0.05, 0.1) is 36.9 Å². The van der Waals surface area contributed by atoms with Gasteiger partial charge in [0, 0.05) is 77.1 Å². The summed E-state index contributed by atoms with van der Waals surface area (Å²) in [5, 5.41) is 41.1. The minimum absolute atomic E-state index is 0.158. The third-order valence-corrected chi connectivity index (χ3v) is 15.8. The van der Waals surface area contributed by atoms with Crippen molar-refractivity contribution in [2.45, 2.75) is 154 Å². The molecule has 0 aromatic heterocycles. The van der Waals surface area contributed by atoms with Crippen molar-refractivity contribution in [3.05, 3.63) is 117 Å². The van der Waals surface area contributed by atoms with E-state index in [4.69, 9.17) is 46.1 Å². The largest absolute Gasteiger partial charge is 0.481 e. The molecule has 0 heterocycles. The second-order valence-electron chi connectivity index (χ2n) is 24.2. The van der Waals surface area contributed by atoms with Crippen LogP contribution >= 0.6 is 17.2 Å². The highest BCUT2D eigenvalue weighted by molar-refractivity contribution is 7.43. The van der Waals surface area contributed by atoms with Crippen LogP contribution in [0.5, 0.6) is 23.0 Å². The average Bonchev–Trinajstić information content (AvgIpc) is 3.52. The third kappa shape index (κ3) is 20.1. The van der Waals surface area contributed by atoms with Crippen LogP contribution in [0.3, 0.4) is 0 Å². The fourth-order valence-corrected chi connectivity index (χ4v) is 11.1. The number of ether oxygens (including phenoxy) is 4. The fourth-order valence-electron chi connectivity index (χ4n) is 9.08. The van der Waals surface area contributed by atoms with Crippen LogP contribution in [0.1, 0.15) is 177 Å². The molecule has 4 rings (SSSR count). The van der Waals surface area contributed by atoms with Crippen molar-refractivity contribution in [3.8, 4) is 23.0 Å². The molecule has 454 valence electrons. The Hall–Kier alpha value is -5.42. The van der Waals surface area contributed by atoms with Gasteiger partial charge in [0.1, 0.15) is 23.0 Å². The molecule has 18 nitrogen and oxygen atoms in total. The zero-order valence-corrected chi connectivity index (χ0v) is 52.5. The number of rotatable bonds is 33. The summed E-state index contributed by atoms with van der Waals surface area (Å²) in [6, 6.07) is 21.0. The number of carboxylic acids is 4. The van der Waals surface area contributed by atoms with Crippen LogP contribution in [0.25, 0.3) is 0 Å². The predicted molar refractivity (Wildman–Crippen MR) is 316 cm³/mol. The number of benzene rings is 4. The third-order valence-electron chi connectivity index (χ3n) is 13.7. The summed E-state index contributed by atoms with van der Waals surface area (Å²) in [6.45, 7) is 24.4. The molecule has 4 aromatic carbocycles. The van der Waals surface area contributed by atoms with Crippen molar-refractivity contribution in [3.63, 3.8) is 0 Å². The maximum absolute atomic E-state index is 12.6. The molecule has 0 spiro atoms. The molecule has 0 aliphatic heterocycles. The fraction of sp³-hybridized carbons (Fsp3) is 0.548. The van der Waals surface area contributed by atoms with Gasteiger partial charge in [-0.15, -0.1) is 0 Å². The number of carboxylic acid groups (broad SMARTS) is 4. The van der Waals surface area contributed by atoms with Crippen molar-refractivity contribution >= 4 is 41.1 Å². The number of hydrogen-bond acceptors (Lipinski definition) is 14. The molecule has 0 saturated carbocycles. The van der Waals surface area contributed by atoms with Crippen LogP contribution in [0, 0.1) is 0 Å². The van der Waals surface area contributed by atoms with Gasteiger partial charge in [-0.3, -0.25) is 28.2 Å². The van der Waals surface area contributed by atoms with E-state index >= 15 is 0 Å². The van der Waals surface area contributed by atoms with E-state index in [-0.39, 0.29) is 65.3 Å². The summed E-state index contributed by atoms with van der Waals surface area (Å²) in [4.78, 5) is 50.3.